The van der Waals surface area contributed by atoms with Crippen LogP contribution in [0.15, 0.2) is 30.9 Å². The number of hydrogen-bond acceptors (Lipinski definition) is 8. The molecule has 4 aromatic rings. The smallest absolute Gasteiger partial charge is 0.203 e. The summed E-state index contributed by atoms with van der Waals surface area (Å²) in [6.07, 6.45) is 10.6. The second-order valence-corrected chi connectivity index (χ2v) is 9.47. The normalized spacial score (nSPS) is 14.1. The highest BCUT2D eigenvalue weighted by molar-refractivity contribution is 5.88. The summed E-state index contributed by atoms with van der Waals surface area (Å²) in [5, 5.41) is 8.96. The van der Waals surface area contributed by atoms with Gasteiger partial charge in [0.05, 0.1) is 44.8 Å². The molecule has 0 unspecified atom stereocenters. The van der Waals surface area contributed by atoms with Gasteiger partial charge >= 0.3 is 0 Å². The maximum absolute atomic E-state index is 5.50. The molecule has 1 fully saturated rings. The van der Waals surface area contributed by atoms with Crippen LogP contribution in [0.4, 0.5) is 11.6 Å². The average molecular weight is 492 g/mol. The third-order valence-electron chi connectivity index (χ3n) is 6.71. The van der Waals surface area contributed by atoms with E-state index in [2.05, 4.69) is 29.2 Å². The van der Waals surface area contributed by atoms with Gasteiger partial charge in [-0.25, -0.2) is 19.6 Å². The van der Waals surface area contributed by atoms with Gasteiger partial charge in [-0.1, -0.05) is 26.7 Å². The van der Waals surface area contributed by atoms with E-state index in [1.165, 1.54) is 25.7 Å². The van der Waals surface area contributed by atoms with Gasteiger partial charge in [0.25, 0.3) is 0 Å². The van der Waals surface area contributed by atoms with Gasteiger partial charge in [0.2, 0.25) is 5.75 Å². The maximum Gasteiger partial charge on any atom is 0.203 e. The molecule has 0 bridgehead atoms. The number of nitrogens with zero attached hydrogens (tertiary/aromatic N) is 6. The van der Waals surface area contributed by atoms with Crippen LogP contribution in [0.25, 0.3) is 16.7 Å². The van der Waals surface area contributed by atoms with Crippen molar-refractivity contribution in [1.82, 2.24) is 29.3 Å². The Morgan fingerprint density at radius 1 is 1.03 bits per heavy atom. The molecule has 10 heteroatoms. The zero-order valence-corrected chi connectivity index (χ0v) is 21.5. The van der Waals surface area contributed by atoms with E-state index in [4.69, 9.17) is 24.2 Å². The van der Waals surface area contributed by atoms with Crippen LogP contribution in [0.2, 0.25) is 0 Å². The topological polar surface area (TPSA) is 101 Å². The summed E-state index contributed by atoms with van der Waals surface area (Å²) in [5.41, 5.74) is 1.69. The molecule has 0 amide bonds. The van der Waals surface area contributed by atoms with Gasteiger partial charge in [-0.05, 0) is 18.8 Å². The lowest BCUT2D eigenvalue weighted by atomic mass is 10.1. The highest BCUT2D eigenvalue weighted by atomic mass is 16.5. The molecule has 0 atom stereocenters. The molecule has 0 saturated heterocycles. The number of hydrogen-bond donors (Lipinski definition) is 1. The van der Waals surface area contributed by atoms with Crippen LogP contribution in [0.1, 0.15) is 51.3 Å². The number of benzene rings is 1. The van der Waals surface area contributed by atoms with Gasteiger partial charge in [-0.2, -0.15) is 5.10 Å². The summed E-state index contributed by atoms with van der Waals surface area (Å²) in [6.45, 7) is 5.09. The Balaban J connectivity index is 1.47. The number of anilines is 2. The predicted octanol–water partition coefficient (Wildman–Crippen LogP) is 5.10. The molecule has 1 aliphatic rings. The fourth-order valence-corrected chi connectivity index (χ4v) is 4.76. The molecular weight excluding hydrogens is 458 g/mol. The van der Waals surface area contributed by atoms with E-state index in [0.717, 1.165) is 29.1 Å². The van der Waals surface area contributed by atoms with Crippen molar-refractivity contribution in [2.75, 3.05) is 26.6 Å². The second kappa shape index (κ2) is 10.0. The summed E-state index contributed by atoms with van der Waals surface area (Å²) in [5.74, 6) is 4.67. The molecule has 1 saturated carbocycles. The van der Waals surface area contributed by atoms with Crippen molar-refractivity contribution in [3.8, 4) is 22.9 Å². The maximum atomic E-state index is 5.50. The third kappa shape index (κ3) is 4.55. The Morgan fingerprint density at radius 3 is 2.39 bits per heavy atom. The fraction of sp³-hybridized carbons (Fsp3) is 0.462. The van der Waals surface area contributed by atoms with E-state index < -0.39 is 0 Å². The van der Waals surface area contributed by atoms with Crippen molar-refractivity contribution in [2.24, 2.45) is 5.92 Å². The molecule has 1 N–H and O–H groups in total. The average Bonchev–Trinajstić information content (AvgIpc) is 3.65. The first-order valence-electron chi connectivity index (χ1n) is 12.4. The molecule has 0 spiro atoms. The number of fused-ring (bicyclic) bond motifs is 1. The Labute approximate surface area is 210 Å². The Morgan fingerprint density at radius 2 is 1.75 bits per heavy atom. The van der Waals surface area contributed by atoms with Gasteiger partial charge in [0.1, 0.15) is 23.8 Å². The van der Waals surface area contributed by atoms with E-state index in [1.807, 2.05) is 33.8 Å². The van der Waals surface area contributed by atoms with Crippen molar-refractivity contribution in [1.29, 1.82) is 0 Å². The molecule has 3 heterocycles. The van der Waals surface area contributed by atoms with Crippen molar-refractivity contribution in [3.05, 3.63) is 36.7 Å². The van der Waals surface area contributed by atoms with Crippen LogP contribution in [0.5, 0.6) is 17.2 Å². The molecule has 1 aliphatic carbocycles. The lowest BCUT2D eigenvalue weighted by Gasteiger charge is -2.14. The lowest BCUT2D eigenvalue weighted by Crippen LogP contribution is -2.11. The van der Waals surface area contributed by atoms with Crippen LogP contribution in [-0.4, -0.2) is 50.6 Å². The summed E-state index contributed by atoms with van der Waals surface area (Å²) < 4.78 is 20.4. The number of aromatic nitrogens is 6. The standard InChI is InChI=1S/C26H33N7O3/c1-16(2)24-30-25(19-12-28-33(26(19)31-24)13-17-8-6-7-9-17)29-22-14-32(15-27-22)18-10-20(34-3)23(36-5)21(11-18)35-4/h10-12,14-17H,6-9,13H2,1-5H3,(H,29,30,31). The largest absolute Gasteiger partial charge is 0.493 e. The predicted molar refractivity (Wildman–Crippen MR) is 138 cm³/mol. The lowest BCUT2D eigenvalue weighted by molar-refractivity contribution is 0.324. The highest BCUT2D eigenvalue weighted by Gasteiger charge is 2.21. The SMILES string of the molecule is COc1cc(-n2cnc(Nc3nc(C(C)C)nc4c3cnn4CC3CCCC3)c2)cc(OC)c1OC. The minimum Gasteiger partial charge on any atom is -0.493 e. The first-order chi connectivity index (χ1) is 17.5. The first-order valence-corrected chi connectivity index (χ1v) is 12.4. The first kappa shape index (κ1) is 23.9. The zero-order valence-electron chi connectivity index (χ0n) is 21.5. The number of imidazole rings is 1. The van der Waals surface area contributed by atoms with Gasteiger partial charge in [0, 0.05) is 24.6 Å². The van der Waals surface area contributed by atoms with Crippen LogP contribution in [0, 0.1) is 5.92 Å². The summed E-state index contributed by atoms with van der Waals surface area (Å²) in [6, 6.07) is 3.75. The Kier molecular flexibility index (Phi) is 6.67. The monoisotopic (exact) mass is 491 g/mol. The van der Waals surface area contributed by atoms with E-state index in [1.54, 1.807) is 27.7 Å². The molecule has 190 valence electrons. The molecule has 3 aromatic heterocycles. The van der Waals surface area contributed by atoms with Gasteiger partial charge in [-0.3, -0.25) is 0 Å². The summed E-state index contributed by atoms with van der Waals surface area (Å²) in [4.78, 5) is 14.3. The number of ether oxygens (including phenoxy) is 3. The minimum absolute atomic E-state index is 0.182. The number of nitrogens with one attached hydrogen (secondary N) is 1. The van der Waals surface area contributed by atoms with E-state index in [0.29, 0.717) is 34.8 Å². The summed E-state index contributed by atoms with van der Waals surface area (Å²) in [7, 11) is 4.78. The Bertz CT molecular complexity index is 1330. The molecule has 0 radical (unpaired) electrons. The van der Waals surface area contributed by atoms with E-state index >= 15 is 0 Å². The minimum atomic E-state index is 0.182. The quantitative estimate of drug-likeness (QED) is 0.345. The number of methoxy groups -OCH3 is 3. The molecule has 1 aromatic carbocycles. The van der Waals surface area contributed by atoms with Crippen LogP contribution in [0.3, 0.4) is 0 Å². The van der Waals surface area contributed by atoms with Gasteiger partial charge in [0.15, 0.2) is 17.1 Å². The molecular formula is C26H33N7O3. The zero-order chi connectivity index (χ0) is 25.2. The molecule has 0 aliphatic heterocycles. The molecule has 5 rings (SSSR count). The Hall–Kier alpha value is -3.82. The van der Waals surface area contributed by atoms with Crippen molar-refractivity contribution in [3.63, 3.8) is 0 Å². The van der Waals surface area contributed by atoms with Crippen LogP contribution >= 0.6 is 0 Å². The highest BCUT2D eigenvalue weighted by Crippen LogP contribution is 2.39. The third-order valence-corrected chi connectivity index (χ3v) is 6.71. The van der Waals surface area contributed by atoms with Gasteiger partial charge in [-0.15, -0.1) is 0 Å². The van der Waals surface area contributed by atoms with Crippen molar-refractivity contribution >= 4 is 22.7 Å². The van der Waals surface area contributed by atoms with Crippen molar-refractivity contribution < 1.29 is 14.2 Å². The van der Waals surface area contributed by atoms with E-state index in [-0.39, 0.29) is 5.92 Å². The molecule has 10 nitrogen and oxygen atoms in total. The number of rotatable bonds is 9. The van der Waals surface area contributed by atoms with Crippen LogP contribution in [-0.2, 0) is 6.54 Å². The fourth-order valence-electron chi connectivity index (χ4n) is 4.76. The molecule has 36 heavy (non-hydrogen) atoms. The van der Waals surface area contributed by atoms with E-state index in [9.17, 15) is 0 Å². The van der Waals surface area contributed by atoms with Crippen LogP contribution < -0.4 is 19.5 Å². The van der Waals surface area contributed by atoms with Crippen molar-refractivity contribution in [2.45, 2.75) is 52.0 Å². The summed E-state index contributed by atoms with van der Waals surface area (Å²) >= 11 is 0. The second-order valence-electron chi connectivity index (χ2n) is 9.47. The van der Waals surface area contributed by atoms with Gasteiger partial charge < -0.3 is 24.1 Å².